The molecule has 104 valence electrons. The van der Waals surface area contributed by atoms with Gasteiger partial charge in [-0.15, -0.1) is 0 Å². The molecule has 0 spiro atoms. The second kappa shape index (κ2) is 6.06. The first-order valence-electron chi connectivity index (χ1n) is 7.16. The van der Waals surface area contributed by atoms with Gasteiger partial charge < -0.3 is 15.4 Å². The molecule has 2 aliphatic rings. The molecule has 1 fully saturated rings. The summed E-state index contributed by atoms with van der Waals surface area (Å²) in [5.41, 5.74) is 7.33. The van der Waals surface area contributed by atoms with Crippen molar-refractivity contribution in [3.8, 4) is 5.75 Å². The average molecular weight is 278 g/mol. The molecule has 3 rings (SSSR count). The zero-order chi connectivity index (χ0) is 13.1. The fourth-order valence-electron chi connectivity index (χ4n) is 3.13. The second-order valence-electron chi connectivity index (χ2n) is 5.29. The molecule has 1 aromatic carbocycles. The van der Waals surface area contributed by atoms with Crippen LogP contribution in [-0.4, -0.2) is 37.2 Å². The Morgan fingerprint density at radius 2 is 2.32 bits per heavy atom. The fraction of sp³-hybridized carbons (Fsp3) is 0.600. The molecular weight excluding hydrogens is 256 g/mol. The minimum absolute atomic E-state index is 0.456. The van der Waals surface area contributed by atoms with Crippen LogP contribution in [0.25, 0.3) is 0 Å². The standard InChI is InChI=1S/C15H22N2OS/c16-10-14(12-6-9-19-11-12)17-7-3-8-18-15-5-2-1-4-13(15)17/h1-2,4-5,12,14H,3,6-11,16H2. The van der Waals surface area contributed by atoms with Gasteiger partial charge in [-0.05, 0) is 42.4 Å². The molecule has 19 heavy (non-hydrogen) atoms. The number of hydrogen-bond acceptors (Lipinski definition) is 4. The van der Waals surface area contributed by atoms with Gasteiger partial charge in [0, 0.05) is 19.1 Å². The topological polar surface area (TPSA) is 38.5 Å². The summed E-state index contributed by atoms with van der Waals surface area (Å²) in [6.45, 7) is 2.60. The van der Waals surface area contributed by atoms with E-state index in [1.807, 2.05) is 6.07 Å². The van der Waals surface area contributed by atoms with Crippen molar-refractivity contribution < 1.29 is 4.74 Å². The van der Waals surface area contributed by atoms with E-state index in [0.29, 0.717) is 6.04 Å². The van der Waals surface area contributed by atoms with E-state index in [-0.39, 0.29) is 0 Å². The predicted molar refractivity (Wildman–Crippen MR) is 82.2 cm³/mol. The predicted octanol–water partition coefficient (Wildman–Crippen LogP) is 2.36. The van der Waals surface area contributed by atoms with Crippen LogP contribution in [0.3, 0.4) is 0 Å². The Morgan fingerprint density at radius 3 is 3.11 bits per heavy atom. The summed E-state index contributed by atoms with van der Waals surface area (Å²) < 4.78 is 5.85. The van der Waals surface area contributed by atoms with Crippen molar-refractivity contribution >= 4 is 17.4 Å². The molecule has 2 aliphatic heterocycles. The van der Waals surface area contributed by atoms with Crippen LogP contribution in [0, 0.1) is 5.92 Å². The van der Waals surface area contributed by atoms with Crippen molar-refractivity contribution in [2.24, 2.45) is 11.7 Å². The number of nitrogens with zero attached hydrogens (tertiary/aromatic N) is 1. The highest BCUT2D eigenvalue weighted by Crippen LogP contribution is 2.36. The lowest BCUT2D eigenvalue weighted by Gasteiger charge is -2.36. The zero-order valence-electron chi connectivity index (χ0n) is 11.3. The summed E-state index contributed by atoms with van der Waals surface area (Å²) in [5, 5.41) is 0. The smallest absolute Gasteiger partial charge is 0.142 e. The van der Waals surface area contributed by atoms with Crippen LogP contribution in [0.15, 0.2) is 24.3 Å². The summed E-state index contributed by atoms with van der Waals surface area (Å²) in [4.78, 5) is 2.50. The van der Waals surface area contributed by atoms with Gasteiger partial charge in [0.05, 0.1) is 12.3 Å². The van der Waals surface area contributed by atoms with Gasteiger partial charge in [-0.25, -0.2) is 0 Å². The minimum atomic E-state index is 0.456. The van der Waals surface area contributed by atoms with Crippen LogP contribution < -0.4 is 15.4 Å². The van der Waals surface area contributed by atoms with Crippen LogP contribution in [0.5, 0.6) is 5.75 Å². The first-order chi connectivity index (χ1) is 9.40. The average Bonchev–Trinajstić information content (AvgIpc) is 2.88. The Bertz CT molecular complexity index is 420. The van der Waals surface area contributed by atoms with Gasteiger partial charge in [0.25, 0.3) is 0 Å². The van der Waals surface area contributed by atoms with E-state index in [0.717, 1.165) is 37.8 Å². The van der Waals surface area contributed by atoms with Gasteiger partial charge in [0.2, 0.25) is 0 Å². The van der Waals surface area contributed by atoms with Crippen molar-refractivity contribution in [1.82, 2.24) is 0 Å². The second-order valence-corrected chi connectivity index (χ2v) is 6.44. The van der Waals surface area contributed by atoms with Gasteiger partial charge >= 0.3 is 0 Å². The highest BCUT2D eigenvalue weighted by molar-refractivity contribution is 7.99. The van der Waals surface area contributed by atoms with E-state index >= 15 is 0 Å². The third-order valence-electron chi connectivity index (χ3n) is 4.13. The van der Waals surface area contributed by atoms with Crippen LogP contribution >= 0.6 is 11.8 Å². The molecular formula is C15H22N2OS. The van der Waals surface area contributed by atoms with Crippen molar-refractivity contribution in [3.63, 3.8) is 0 Å². The monoisotopic (exact) mass is 278 g/mol. The van der Waals surface area contributed by atoms with Crippen LogP contribution in [0.4, 0.5) is 5.69 Å². The lowest BCUT2D eigenvalue weighted by Crippen LogP contribution is -2.46. The van der Waals surface area contributed by atoms with Crippen LogP contribution in [-0.2, 0) is 0 Å². The Morgan fingerprint density at radius 1 is 1.42 bits per heavy atom. The molecule has 0 saturated carbocycles. The molecule has 2 heterocycles. The molecule has 2 atom stereocenters. The number of hydrogen-bond donors (Lipinski definition) is 1. The zero-order valence-corrected chi connectivity index (χ0v) is 12.1. The SMILES string of the molecule is NCC(C1CCSC1)N1CCCOc2ccccc21. The number of benzene rings is 1. The lowest BCUT2D eigenvalue weighted by atomic mass is 9.96. The Balaban J connectivity index is 1.89. The normalized spacial score (nSPS) is 24.5. The number of nitrogens with two attached hydrogens (primary N) is 1. The first-order valence-corrected chi connectivity index (χ1v) is 8.32. The van der Waals surface area contributed by atoms with Crippen LogP contribution in [0.2, 0.25) is 0 Å². The van der Waals surface area contributed by atoms with E-state index in [2.05, 4.69) is 34.9 Å². The molecule has 3 nitrogen and oxygen atoms in total. The van der Waals surface area contributed by atoms with Gasteiger partial charge in [-0.3, -0.25) is 0 Å². The van der Waals surface area contributed by atoms with Gasteiger partial charge in [0.15, 0.2) is 0 Å². The number of ether oxygens (including phenoxy) is 1. The molecule has 0 aromatic heterocycles. The maximum atomic E-state index is 6.10. The molecule has 2 unspecified atom stereocenters. The van der Waals surface area contributed by atoms with Gasteiger partial charge in [-0.1, -0.05) is 12.1 Å². The summed E-state index contributed by atoms with van der Waals surface area (Å²) in [6, 6.07) is 8.84. The van der Waals surface area contributed by atoms with E-state index in [9.17, 15) is 0 Å². The van der Waals surface area contributed by atoms with E-state index < -0.39 is 0 Å². The summed E-state index contributed by atoms with van der Waals surface area (Å²) in [5.74, 6) is 4.28. The molecule has 0 bridgehead atoms. The van der Waals surface area contributed by atoms with Crippen molar-refractivity contribution in [2.45, 2.75) is 18.9 Å². The van der Waals surface area contributed by atoms with E-state index in [1.54, 1.807) is 0 Å². The van der Waals surface area contributed by atoms with Crippen molar-refractivity contribution in [3.05, 3.63) is 24.3 Å². The third kappa shape index (κ3) is 2.70. The van der Waals surface area contributed by atoms with Crippen LogP contribution in [0.1, 0.15) is 12.8 Å². The Labute approximate surface area is 119 Å². The van der Waals surface area contributed by atoms with Crippen molar-refractivity contribution in [2.75, 3.05) is 36.1 Å². The number of rotatable bonds is 3. The maximum absolute atomic E-state index is 6.10. The number of fused-ring (bicyclic) bond motifs is 1. The Kier molecular flexibility index (Phi) is 4.18. The van der Waals surface area contributed by atoms with Gasteiger partial charge in [-0.2, -0.15) is 11.8 Å². The molecule has 1 saturated heterocycles. The number of thioether (sulfide) groups is 1. The summed E-state index contributed by atoms with van der Waals surface area (Å²) in [6.07, 6.45) is 2.37. The summed E-state index contributed by atoms with van der Waals surface area (Å²) in [7, 11) is 0. The lowest BCUT2D eigenvalue weighted by molar-refractivity contribution is 0.321. The van der Waals surface area contributed by atoms with E-state index in [1.165, 1.54) is 23.6 Å². The molecule has 0 radical (unpaired) electrons. The number of para-hydroxylation sites is 2. The third-order valence-corrected chi connectivity index (χ3v) is 5.31. The largest absolute Gasteiger partial charge is 0.491 e. The minimum Gasteiger partial charge on any atom is -0.491 e. The molecule has 4 heteroatoms. The fourth-order valence-corrected chi connectivity index (χ4v) is 4.46. The molecule has 2 N–H and O–H groups in total. The van der Waals surface area contributed by atoms with Gasteiger partial charge in [0.1, 0.15) is 5.75 Å². The molecule has 0 aliphatic carbocycles. The Hall–Kier alpha value is -0.870. The highest BCUT2D eigenvalue weighted by Gasteiger charge is 2.31. The summed E-state index contributed by atoms with van der Waals surface area (Å²) >= 11 is 2.06. The maximum Gasteiger partial charge on any atom is 0.142 e. The highest BCUT2D eigenvalue weighted by atomic mass is 32.2. The van der Waals surface area contributed by atoms with Crippen molar-refractivity contribution in [1.29, 1.82) is 0 Å². The number of anilines is 1. The first kappa shape index (κ1) is 13.1. The van der Waals surface area contributed by atoms with E-state index in [4.69, 9.17) is 10.5 Å². The quantitative estimate of drug-likeness (QED) is 0.921. The molecule has 0 amide bonds. The molecule has 1 aromatic rings.